The Morgan fingerprint density at radius 3 is 2.91 bits per heavy atom. The van der Waals surface area contributed by atoms with Gasteiger partial charge in [-0.3, -0.25) is 4.79 Å². The molecule has 0 aromatic heterocycles. The molecule has 0 radical (unpaired) electrons. The summed E-state index contributed by atoms with van der Waals surface area (Å²) in [6.45, 7) is 2.72. The number of amides is 1. The van der Waals surface area contributed by atoms with Crippen LogP contribution in [0.25, 0.3) is 0 Å². The largest absolute Gasteiger partial charge is 0.342 e. The Balaban J connectivity index is 1.46. The molecular weight excluding hydrogens is 299 g/mol. The summed E-state index contributed by atoms with van der Waals surface area (Å²) in [5, 5.41) is 3.43. The molecule has 2 saturated heterocycles. The molecule has 3 rings (SSSR count). The number of carbonyl (C=O) groups excluding carboxylic acids is 1. The molecule has 2 unspecified atom stereocenters. The molecule has 0 bridgehead atoms. The van der Waals surface area contributed by atoms with Crippen molar-refractivity contribution in [3.63, 3.8) is 0 Å². The van der Waals surface area contributed by atoms with E-state index in [4.69, 9.17) is 0 Å². The van der Waals surface area contributed by atoms with Gasteiger partial charge in [0, 0.05) is 43.6 Å². The molecule has 2 aliphatic heterocycles. The molecule has 120 valence electrons. The SMILES string of the molecule is O=C(CC1CSCCN1)N1CCC(Cc2ccc(F)cc2)C1. The van der Waals surface area contributed by atoms with Crippen LogP contribution >= 0.6 is 11.8 Å². The van der Waals surface area contributed by atoms with Gasteiger partial charge in [0.15, 0.2) is 0 Å². The van der Waals surface area contributed by atoms with E-state index in [1.54, 1.807) is 0 Å². The summed E-state index contributed by atoms with van der Waals surface area (Å²) < 4.78 is 12.9. The summed E-state index contributed by atoms with van der Waals surface area (Å²) in [7, 11) is 0. The number of halogens is 1. The van der Waals surface area contributed by atoms with Crippen LogP contribution in [0.1, 0.15) is 18.4 Å². The van der Waals surface area contributed by atoms with Crippen LogP contribution in [0.3, 0.4) is 0 Å². The number of thioether (sulfide) groups is 1. The van der Waals surface area contributed by atoms with Crippen LogP contribution < -0.4 is 5.32 Å². The first kappa shape index (κ1) is 15.8. The van der Waals surface area contributed by atoms with Crippen LogP contribution in [0.2, 0.25) is 0 Å². The molecule has 0 aliphatic carbocycles. The molecule has 2 aliphatic rings. The lowest BCUT2D eigenvalue weighted by Crippen LogP contribution is -2.42. The number of likely N-dealkylation sites (tertiary alicyclic amines) is 1. The first-order valence-corrected chi connectivity index (χ1v) is 9.19. The molecular formula is C17H23FN2OS. The van der Waals surface area contributed by atoms with Crippen LogP contribution in [0.5, 0.6) is 0 Å². The molecule has 2 atom stereocenters. The number of carbonyl (C=O) groups is 1. The maximum absolute atomic E-state index is 12.9. The van der Waals surface area contributed by atoms with E-state index in [-0.39, 0.29) is 11.7 Å². The Hall–Kier alpha value is -1.07. The summed E-state index contributed by atoms with van der Waals surface area (Å²) >= 11 is 1.93. The zero-order valence-corrected chi connectivity index (χ0v) is 13.6. The Morgan fingerprint density at radius 2 is 2.18 bits per heavy atom. The number of nitrogens with zero attached hydrogens (tertiary/aromatic N) is 1. The average Bonchev–Trinajstić information content (AvgIpc) is 2.99. The molecule has 0 spiro atoms. The zero-order valence-electron chi connectivity index (χ0n) is 12.8. The molecule has 2 fully saturated rings. The third kappa shape index (κ3) is 4.23. The molecule has 0 saturated carbocycles. The fourth-order valence-electron chi connectivity index (χ4n) is 3.27. The van der Waals surface area contributed by atoms with E-state index in [1.807, 2.05) is 28.8 Å². The van der Waals surface area contributed by atoms with Crippen molar-refractivity contribution in [3.05, 3.63) is 35.6 Å². The first-order chi connectivity index (χ1) is 10.7. The second-order valence-electron chi connectivity index (χ2n) is 6.26. The molecule has 2 heterocycles. The summed E-state index contributed by atoms with van der Waals surface area (Å²) in [6.07, 6.45) is 2.60. The molecule has 1 aromatic carbocycles. The highest BCUT2D eigenvalue weighted by atomic mass is 32.2. The number of nitrogens with one attached hydrogen (secondary N) is 1. The monoisotopic (exact) mass is 322 g/mol. The predicted molar refractivity (Wildman–Crippen MR) is 88.5 cm³/mol. The van der Waals surface area contributed by atoms with E-state index < -0.39 is 0 Å². The summed E-state index contributed by atoms with van der Waals surface area (Å²) in [6, 6.07) is 7.06. The minimum absolute atomic E-state index is 0.190. The Bertz CT molecular complexity index is 502. The normalized spacial score (nSPS) is 25.4. The highest BCUT2D eigenvalue weighted by Gasteiger charge is 2.28. The highest BCUT2D eigenvalue weighted by Crippen LogP contribution is 2.22. The first-order valence-electron chi connectivity index (χ1n) is 8.04. The van der Waals surface area contributed by atoms with Gasteiger partial charge in [0.1, 0.15) is 5.82 Å². The number of benzene rings is 1. The third-order valence-electron chi connectivity index (χ3n) is 4.50. The van der Waals surface area contributed by atoms with E-state index in [9.17, 15) is 9.18 Å². The van der Waals surface area contributed by atoms with Gasteiger partial charge in [0.2, 0.25) is 5.91 Å². The highest BCUT2D eigenvalue weighted by molar-refractivity contribution is 7.99. The van der Waals surface area contributed by atoms with E-state index >= 15 is 0 Å². The second kappa shape index (κ2) is 7.47. The Kier molecular flexibility index (Phi) is 5.37. The second-order valence-corrected chi connectivity index (χ2v) is 7.40. The van der Waals surface area contributed by atoms with Gasteiger partial charge >= 0.3 is 0 Å². The van der Waals surface area contributed by atoms with Gasteiger partial charge in [0.25, 0.3) is 0 Å². The maximum Gasteiger partial charge on any atom is 0.224 e. The van der Waals surface area contributed by atoms with Crippen LogP contribution in [0.4, 0.5) is 4.39 Å². The van der Waals surface area contributed by atoms with Crippen LogP contribution in [-0.2, 0) is 11.2 Å². The van der Waals surface area contributed by atoms with Crippen molar-refractivity contribution in [1.29, 1.82) is 0 Å². The number of hydrogen-bond acceptors (Lipinski definition) is 3. The van der Waals surface area contributed by atoms with Gasteiger partial charge in [-0.05, 0) is 36.5 Å². The molecule has 5 heteroatoms. The van der Waals surface area contributed by atoms with Crippen molar-refractivity contribution >= 4 is 17.7 Å². The summed E-state index contributed by atoms with van der Waals surface area (Å²) in [5.74, 6) is 2.78. The van der Waals surface area contributed by atoms with Crippen molar-refractivity contribution in [2.75, 3.05) is 31.1 Å². The average molecular weight is 322 g/mol. The minimum atomic E-state index is -0.190. The number of rotatable bonds is 4. The van der Waals surface area contributed by atoms with Gasteiger partial charge in [-0.1, -0.05) is 12.1 Å². The van der Waals surface area contributed by atoms with Gasteiger partial charge in [-0.25, -0.2) is 4.39 Å². The van der Waals surface area contributed by atoms with Crippen molar-refractivity contribution in [3.8, 4) is 0 Å². The summed E-state index contributed by atoms with van der Waals surface area (Å²) in [4.78, 5) is 14.4. The van der Waals surface area contributed by atoms with Gasteiger partial charge < -0.3 is 10.2 Å². The quantitative estimate of drug-likeness (QED) is 0.923. The van der Waals surface area contributed by atoms with Crippen molar-refractivity contribution in [2.45, 2.75) is 25.3 Å². The lowest BCUT2D eigenvalue weighted by Gasteiger charge is -2.25. The predicted octanol–water partition coefficient (Wildman–Crippen LogP) is 2.31. The smallest absolute Gasteiger partial charge is 0.224 e. The van der Waals surface area contributed by atoms with Crippen LogP contribution in [-0.4, -0.2) is 48.0 Å². The molecule has 22 heavy (non-hydrogen) atoms. The standard InChI is InChI=1S/C17H23FN2OS/c18-15-3-1-13(2-4-15)9-14-5-7-20(11-14)17(21)10-16-12-22-8-6-19-16/h1-4,14,16,19H,5-12H2. The van der Waals surface area contributed by atoms with Gasteiger partial charge in [-0.2, -0.15) is 11.8 Å². The lowest BCUT2D eigenvalue weighted by molar-refractivity contribution is -0.130. The van der Waals surface area contributed by atoms with E-state index in [0.717, 1.165) is 49.5 Å². The molecule has 3 nitrogen and oxygen atoms in total. The summed E-state index contributed by atoms with van der Waals surface area (Å²) in [5.41, 5.74) is 1.16. The van der Waals surface area contributed by atoms with Crippen molar-refractivity contribution in [1.82, 2.24) is 10.2 Å². The fourth-order valence-corrected chi connectivity index (χ4v) is 4.22. The maximum atomic E-state index is 12.9. The van der Waals surface area contributed by atoms with Gasteiger partial charge in [0.05, 0.1) is 0 Å². The van der Waals surface area contributed by atoms with E-state index in [2.05, 4.69) is 5.32 Å². The van der Waals surface area contributed by atoms with Crippen molar-refractivity contribution in [2.24, 2.45) is 5.92 Å². The number of hydrogen-bond donors (Lipinski definition) is 1. The minimum Gasteiger partial charge on any atom is -0.342 e. The lowest BCUT2D eigenvalue weighted by atomic mass is 9.99. The van der Waals surface area contributed by atoms with Crippen LogP contribution in [0.15, 0.2) is 24.3 Å². The van der Waals surface area contributed by atoms with Crippen molar-refractivity contribution < 1.29 is 9.18 Å². The van der Waals surface area contributed by atoms with Crippen LogP contribution in [0, 0.1) is 11.7 Å². The topological polar surface area (TPSA) is 32.3 Å². The Morgan fingerprint density at radius 1 is 1.36 bits per heavy atom. The zero-order chi connectivity index (χ0) is 15.4. The van der Waals surface area contributed by atoms with E-state index in [1.165, 1.54) is 12.1 Å². The fraction of sp³-hybridized carbons (Fsp3) is 0.588. The Labute approximate surface area is 135 Å². The molecule has 1 N–H and O–H groups in total. The molecule has 1 aromatic rings. The molecule has 1 amide bonds. The van der Waals surface area contributed by atoms with E-state index in [0.29, 0.717) is 18.4 Å². The van der Waals surface area contributed by atoms with Gasteiger partial charge in [-0.15, -0.1) is 0 Å². The third-order valence-corrected chi connectivity index (χ3v) is 5.63.